The molecule has 1 aliphatic heterocycles. The minimum absolute atomic E-state index is 0.227. The number of nitrogens with zero attached hydrogens (tertiary/aromatic N) is 1. The van der Waals surface area contributed by atoms with E-state index in [9.17, 15) is 9.50 Å². The Balaban J connectivity index is 1.99. The van der Waals surface area contributed by atoms with E-state index >= 15 is 0 Å². The summed E-state index contributed by atoms with van der Waals surface area (Å²) >= 11 is 4.65. The Morgan fingerprint density at radius 2 is 2.23 bits per heavy atom. The summed E-state index contributed by atoms with van der Waals surface area (Å²) in [5.74, 6) is 0.442. The molecule has 0 aliphatic carbocycles. The fourth-order valence-electron chi connectivity index (χ4n) is 2.66. The molecule has 6 heteroatoms. The molecule has 0 saturated heterocycles. The minimum atomic E-state index is -0.683. The van der Waals surface area contributed by atoms with Gasteiger partial charge in [-0.05, 0) is 18.2 Å². The van der Waals surface area contributed by atoms with Crippen LogP contribution >= 0.6 is 27.3 Å². The maximum absolute atomic E-state index is 14.0. The number of hydrogen-bond donors (Lipinski definition) is 1. The number of ether oxygens (including phenoxy) is 1. The third-order valence-electron chi connectivity index (χ3n) is 3.70. The number of aliphatic hydroxyl groups excluding tert-OH is 1. The first kappa shape index (κ1) is 14.1. The van der Waals surface area contributed by atoms with Gasteiger partial charge in [-0.25, -0.2) is 9.37 Å². The molecular weight excluding hydrogens is 369 g/mol. The topological polar surface area (TPSA) is 42.4 Å². The second-order valence-corrected chi connectivity index (χ2v) is 6.81. The van der Waals surface area contributed by atoms with Crippen molar-refractivity contribution in [2.75, 3.05) is 5.33 Å². The number of rotatable bonds is 2. The highest BCUT2D eigenvalue weighted by molar-refractivity contribution is 9.09. The van der Waals surface area contributed by atoms with E-state index in [2.05, 4.69) is 20.9 Å². The molecule has 3 aromatic rings. The van der Waals surface area contributed by atoms with Gasteiger partial charge >= 0.3 is 0 Å². The molecule has 112 valence electrons. The first-order valence-corrected chi connectivity index (χ1v) is 8.71. The number of aliphatic hydroxyl groups is 1. The number of benzene rings is 1. The van der Waals surface area contributed by atoms with E-state index in [4.69, 9.17) is 4.74 Å². The normalized spacial score (nSPS) is 14.3. The Bertz CT molecular complexity index is 880. The van der Waals surface area contributed by atoms with Gasteiger partial charge in [-0.15, -0.1) is 11.3 Å². The molecule has 0 spiro atoms. The zero-order chi connectivity index (χ0) is 15.3. The fourth-order valence-corrected chi connectivity index (χ4v) is 4.11. The lowest BCUT2D eigenvalue weighted by molar-refractivity contribution is 0.200. The van der Waals surface area contributed by atoms with Gasteiger partial charge in [-0.2, -0.15) is 0 Å². The summed E-state index contributed by atoms with van der Waals surface area (Å²) in [6.45, 7) is 0.420. The van der Waals surface area contributed by atoms with Crippen molar-refractivity contribution in [3.8, 4) is 17.0 Å². The zero-order valence-corrected chi connectivity index (χ0v) is 13.7. The summed E-state index contributed by atoms with van der Waals surface area (Å²) in [6.07, 6.45) is -0.683. The van der Waals surface area contributed by atoms with E-state index < -0.39 is 6.10 Å². The van der Waals surface area contributed by atoms with Crippen LogP contribution in [0.2, 0.25) is 0 Å². The Hall–Kier alpha value is -1.50. The van der Waals surface area contributed by atoms with Crippen LogP contribution < -0.4 is 4.74 Å². The van der Waals surface area contributed by atoms with Crippen molar-refractivity contribution in [3.05, 3.63) is 46.7 Å². The van der Waals surface area contributed by atoms with E-state index in [0.717, 1.165) is 15.8 Å². The molecule has 3 heterocycles. The second-order valence-electron chi connectivity index (χ2n) is 5.06. The standard InChI is InChI=1S/C16H11BrFNO2S/c17-6-11(20)10-4-5-12-15(19-10)14-8-2-1-3-9(18)16(8)22-13(14)7-21-12/h1-5,11,20H,6-7H2. The lowest BCUT2D eigenvalue weighted by Crippen LogP contribution is -2.08. The van der Waals surface area contributed by atoms with Crippen molar-refractivity contribution < 1.29 is 14.2 Å². The third kappa shape index (κ3) is 2.06. The van der Waals surface area contributed by atoms with Gasteiger partial charge in [0.25, 0.3) is 0 Å². The van der Waals surface area contributed by atoms with E-state index in [1.807, 2.05) is 12.1 Å². The minimum Gasteiger partial charge on any atom is -0.486 e. The lowest BCUT2D eigenvalue weighted by Gasteiger charge is -2.19. The van der Waals surface area contributed by atoms with Crippen LogP contribution in [-0.4, -0.2) is 15.4 Å². The maximum atomic E-state index is 14.0. The van der Waals surface area contributed by atoms with Gasteiger partial charge in [0.05, 0.1) is 15.3 Å². The van der Waals surface area contributed by atoms with E-state index in [-0.39, 0.29) is 5.82 Å². The van der Waals surface area contributed by atoms with Gasteiger partial charge in [0, 0.05) is 16.3 Å². The van der Waals surface area contributed by atoms with Crippen molar-refractivity contribution in [1.29, 1.82) is 0 Å². The largest absolute Gasteiger partial charge is 0.486 e. The number of aromatic nitrogens is 1. The first-order valence-electron chi connectivity index (χ1n) is 6.77. The summed E-state index contributed by atoms with van der Waals surface area (Å²) in [5.41, 5.74) is 2.17. The van der Waals surface area contributed by atoms with Crippen LogP contribution in [0.1, 0.15) is 16.7 Å². The van der Waals surface area contributed by atoms with Gasteiger partial charge in [0.1, 0.15) is 30.0 Å². The quantitative estimate of drug-likeness (QED) is 0.670. The van der Waals surface area contributed by atoms with Crippen molar-refractivity contribution in [2.24, 2.45) is 0 Å². The van der Waals surface area contributed by atoms with E-state index in [1.165, 1.54) is 17.4 Å². The number of hydrogen-bond acceptors (Lipinski definition) is 4. The Labute approximate surface area is 138 Å². The predicted octanol–water partition coefficient (Wildman–Crippen LogP) is 4.42. The van der Waals surface area contributed by atoms with Crippen LogP contribution in [-0.2, 0) is 6.61 Å². The summed E-state index contributed by atoms with van der Waals surface area (Å²) in [4.78, 5) is 5.52. The average Bonchev–Trinajstić information content (AvgIpc) is 2.94. The number of halogens is 2. The first-order chi connectivity index (χ1) is 10.7. The zero-order valence-electron chi connectivity index (χ0n) is 11.3. The monoisotopic (exact) mass is 379 g/mol. The Kier molecular flexibility index (Phi) is 3.40. The smallest absolute Gasteiger partial charge is 0.146 e. The molecule has 1 unspecified atom stereocenters. The summed E-state index contributed by atoms with van der Waals surface area (Å²) in [5, 5.41) is 11.2. The Morgan fingerprint density at radius 3 is 3.05 bits per heavy atom. The van der Waals surface area contributed by atoms with Crippen LogP contribution in [0.5, 0.6) is 5.75 Å². The third-order valence-corrected chi connectivity index (χ3v) is 5.50. The van der Waals surface area contributed by atoms with Gasteiger partial charge in [-0.1, -0.05) is 28.1 Å². The molecule has 1 aliphatic rings. The highest BCUT2D eigenvalue weighted by Crippen LogP contribution is 2.46. The Morgan fingerprint density at radius 1 is 1.36 bits per heavy atom. The molecule has 0 fully saturated rings. The van der Waals surface area contributed by atoms with E-state index in [1.54, 1.807) is 12.1 Å². The highest BCUT2D eigenvalue weighted by atomic mass is 79.9. The van der Waals surface area contributed by atoms with Crippen molar-refractivity contribution in [1.82, 2.24) is 4.98 Å². The number of alkyl halides is 1. The van der Waals surface area contributed by atoms with Crippen molar-refractivity contribution in [3.63, 3.8) is 0 Å². The highest BCUT2D eigenvalue weighted by Gasteiger charge is 2.25. The predicted molar refractivity (Wildman–Crippen MR) is 88.1 cm³/mol. The number of fused-ring (bicyclic) bond motifs is 5. The summed E-state index contributed by atoms with van der Waals surface area (Å²) < 4.78 is 20.4. The molecule has 3 nitrogen and oxygen atoms in total. The molecule has 1 atom stereocenters. The van der Waals surface area contributed by atoms with Crippen LogP contribution in [0.25, 0.3) is 21.3 Å². The van der Waals surface area contributed by atoms with Crippen LogP contribution in [0, 0.1) is 5.82 Å². The molecule has 22 heavy (non-hydrogen) atoms. The maximum Gasteiger partial charge on any atom is 0.146 e. The van der Waals surface area contributed by atoms with Gasteiger partial charge < -0.3 is 9.84 Å². The molecule has 1 aromatic carbocycles. The van der Waals surface area contributed by atoms with Crippen molar-refractivity contribution >= 4 is 37.4 Å². The summed E-state index contributed by atoms with van der Waals surface area (Å²) in [6, 6.07) is 8.64. The number of pyridine rings is 1. The molecule has 0 bridgehead atoms. The van der Waals surface area contributed by atoms with Gasteiger partial charge in [-0.3, -0.25) is 0 Å². The fraction of sp³-hybridized carbons (Fsp3) is 0.188. The van der Waals surface area contributed by atoms with Crippen LogP contribution in [0.15, 0.2) is 30.3 Å². The molecule has 0 amide bonds. The van der Waals surface area contributed by atoms with Crippen molar-refractivity contribution in [2.45, 2.75) is 12.7 Å². The number of thiophene rings is 1. The molecule has 2 aromatic heterocycles. The van der Waals surface area contributed by atoms with E-state index in [0.29, 0.717) is 33.8 Å². The lowest BCUT2D eigenvalue weighted by atomic mass is 10.0. The second kappa shape index (κ2) is 5.30. The van der Waals surface area contributed by atoms with Crippen LogP contribution in [0.3, 0.4) is 0 Å². The summed E-state index contributed by atoms with van der Waals surface area (Å²) in [7, 11) is 0. The average molecular weight is 380 g/mol. The van der Waals surface area contributed by atoms with Gasteiger partial charge in [0.2, 0.25) is 0 Å². The van der Waals surface area contributed by atoms with Crippen LogP contribution in [0.4, 0.5) is 4.39 Å². The van der Waals surface area contributed by atoms with Gasteiger partial charge in [0.15, 0.2) is 0 Å². The molecule has 0 saturated carbocycles. The molecule has 1 N–H and O–H groups in total. The molecule has 4 rings (SSSR count). The molecule has 0 radical (unpaired) electrons. The SMILES string of the molecule is OC(CBr)c1ccc2c(n1)-c1c(sc3c(F)cccc13)CO2. The molecular formula is C16H11BrFNO2S.